The lowest BCUT2D eigenvalue weighted by Gasteiger charge is -2.24. The summed E-state index contributed by atoms with van der Waals surface area (Å²) in [4.78, 5) is 27.6. The Morgan fingerprint density at radius 3 is 2.72 bits per heavy atom. The van der Waals surface area contributed by atoms with E-state index in [2.05, 4.69) is 4.98 Å². The molecule has 2 saturated heterocycles. The van der Waals surface area contributed by atoms with E-state index < -0.39 is 36.0 Å². The fourth-order valence-electron chi connectivity index (χ4n) is 2.97. The number of nitrogens with two attached hydrogens (primary N) is 1. The number of nitrogen functional groups attached to an aromatic ring is 1. The minimum absolute atomic E-state index is 0.0191. The summed E-state index contributed by atoms with van der Waals surface area (Å²) in [6, 6.07) is 1.51. The van der Waals surface area contributed by atoms with E-state index in [4.69, 9.17) is 24.7 Å². The van der Waals surface area contributed by atoms with Crippen molar-refractivity contribution in [2.45, 2.75) is 58.0 Å². The molecule has 0 aliphatic carbocycles. The number of nitrogens with zero attached hydrogens (tertiary/aromatic N) is 2. The molecule has 0 bridgehead atoms. The largest absolute Gasteiger partial charge is 0.463 e. The second kappa shape index (κ2) is 6.40. The van der Waals surface area contributed by atoms with E-state index in [-0.39, 0.29) is 24.3 Å². The first kappa shape index (κ1) is 17.8. The number of hydrogen-bond donors (Lipinski definition) is 1. The van der Waals surface area contributed by atoms with Crippen molar-refractivity contribution in [1.29, 1.82) is 0 Å². The van der Waals surface area contributed by atoms with Crippen LogP contribution < -0.4 is 11.4 Å². The van der Waals surface area contributed by atoms with Crippen molar-refractivity contribution in [3.05, 3.63) is 22.7 Å². The number of rotatable bonds is 4. The third kappa shape index (κ3) is 3.53. The molecule has 0 amide bonds. The van der Waals surface area contributed by atoms with E-state index in [0.29, 0.717) is 0 Å². The van der Waals surface area contributed by atoms with Gasteiger partial charge in [0.05, 0.1) is 5.92 Å². The molecule has 1 aromatic heterocycles. The molecule has 2 aliphatic rings. The first-order valence-electron chi connectivity index (χ1n) is 8.20. The van der Waals surface area contributed by atoms with Gasteiger partial charge in [-0.25, -0.2) is 4.79 Å². The Hall–Kier alpha value is -1.97. The van der Waals surface area contributed by atoms with Crippen molar-refractivity contribution in [3.8, 4) is 0 Å². The molecule has 4 atom stereocenters. The lowest BCUT2D eigenvalue weighted by Crippen LogP contribution is -2.35. The van der Waals surface area contributed by atoms with E-state index >= 15 is 0 Å². The Kier molecular flexibility index (Phi) is 4.56. The fourth-order valence-corrected chi connectivity index (χ4v) is 2.97. The Balaban J connectivity index is 1.83. The molecule has 0 spiro atoms. The van der Waals surface area contributed by atoms with Gasteiger partial charge < -0.3 is 24.7 Å². The van der Waals surface area contributed by atoms with Crippen LogP contribution in [0.3, 0.4) is 0 Å². The number of hydrogen-bond acceptors (Lipinski definition) is 8. The van der Waals surface area contributed by atoms with Gasteiger partial charge in [0.15, 0.2) is 12.0 Å². The summed E-state index contributed by atoms with van der Waals surface area (Å²) in [5.74, 6) is -1.27. The smallest absolute Gasteiger partial charge is 0.351 e. The predicted octanol–water partition coefficient (Wildman–Crippen LogP) is 0.442. The summed E-state index contributed by atoms with van der Waals surface area (Å²) in [6.07, 6.45) is -0.784. The zero-order valence-electron chi connectivity index (χ0n) is 14.7. The Bertz CT molecular complexity index is 716. The lowest BCUT2D eigenvalue weighted by molar-refractivity contribution is -0.203. The van der Waals surface area contributed by atoms with Gasteiger partial charge >= 0.3 is 11.7 Å². The highest BCUT2D eigenvalue weighted by atomic mass is 16.8. The molecule has 138 valence electrons. The second-order valence-corrected chi connectivity index (χ2v) is 6.96. The highest BCUT2D eigenvalue weighted by molar-refractivity contribution is 5.71. The predicted molar refractivity (Wildman–Crippen MR) is 86.4 cm³/mol. The van der Waals surface area contributed by atoms with Gasteiger partial charge in [-0.15, -0.1) is 0 Å². The van der Waals surface area contributed by atoms with Crippen molar-refractivity contribution < 1.29 is 23.7 Å². The molecule has 3 heterocycles. The molecule has 9 nitrogen and oxygen atoms in total. The minimum Gasteiger partial charge on any atom is -0.463 e. The number of fused-ring (bicyclic) bond motifs is 1. The van der Waals surface area contributed by atoms with Crippen LogP contribution in [0, 0.1) is 5.92 Å². The highest BCUT2D eigenvalue weighted by Gasteiger charge is 2.56. The summed E-state index contributed by atoms with van der Waals surface area (Å²) in [5, 5.41) is 0. The first-order valence-corrected chi connectivity index (χ1v) is 8.20. The summed E-state index contributed by atoms with van der Waals surface area (Å²) < 4.78 is 24.3. The van der Waals surface area contributed by atoms with Crippen molar-refractivity contribution in [1.82, 2.24) is 9.55 Å². The Morgan fingerprint density at radius 1 is 1.40 bits per heavy atom. The molecular formula is C16H23N3O6. The van der Waals surface area contributed by atoms with Crippen molar-refractivity contribution in [3.63, 3.8) is 0 Å². The van der Waals surface area contributed by atoms with Gasteiger partial charge in [0.2, 0.25) is 0 Å². The molecule has 0 aromatic carbocycles. The lowest BCUT2D eigenvalue weighted by atomic mass is 10.1. The van der Waals surface area contributed by atoms with Crippen LogP contribution in [0.5, 0.6) is 0 Å². The average molecular weight is 353 g/mol. The summed E-state index contributed by atoms with van der Waals surface area (Å²) in [7, 11) is 0. The van der Waals surface area contributed by atoms with E-state index in [9.17, 15) is 9.59 Å². The van der Waals surface area contributed by atoms with Crippen LogP contribution in [-0.2, 0) is 23.7 Å². The molecule has 3 rings (SSSR count). The molecule has 1 unspecified atom stereocenters. The van der Waals surface area contributed by atoms with Crippen LogP contribution in [0.2, 0.25) is 0 Å². The van der Waals surface area contributed by atoms with Crippen LogP contribution in [-0.4, -0.2) is 46.2 Å². The van der Waals surface area contributed by atoms with Gasteiger partial charge in [-0.1, -0.05) is 13.8 Å². The normalized spacial score (nSPS) is 30.4. The van der Waals surface area contributed by atoms with Crippen molar-refractivity contribution in [2.75, 3.05) is 12.3 Å². The van der Waals surface area contributed by atoms with E-state index in [0.717, 1.165) is 0 Å². The first-order chi connectivity index (χ1) is 11.7. The van der Waals surface area contributed by atoms with Crippen LogP contribution in [0.15, 0.2) is 17.1 Å². The summed E-state index contributed by atoms with van der Waals surface area (Å²) >= 11 is 0. The van der Waals surface area contributed by atoms with E-state index in [1.807, 2.05) is 0 Å². The molecule has 2 fully saturated rings. The number of ether oxygens (including phenoxy) is 4. The molecule has 9 heteroatoms. The third-order valence-corrected chi connectivity index (χ3v) is 4.11. The molecule has 0 radical (unpaired) electrons. The van der Waals surface area contributed by atoms with E-state index in [1.54, 1.807) is 27.7 Å². The van der Waals surface area contributed by atoms with Crippen molar-refractivity contribution in [2.24, 2.45) is 5.92 Å². The van der Waals surface area contributed by atoms with Gasteiger partial charge in [0.25, 0.3) is 0 Å². The van der Waals surface area contributed by atoms with E-state index in [1.165, 1.54) is 16.8 Å². The molecular weight excluding hydrogens is 330 g/mol. The van der Waals surface area contributed by atoms with Gasteiger partial charge in [0, 0.05) is 6.20 Å². The van der Waals surface area contributed by atoms with Gasteiger partial charge in [-0.05, 0) is 19.9 Å². The molecule has 0 saturated carbocycles. The number of carbonyl (C=O) groups excluding carboxylic acids is 1. The summed E-state index contributed by atoms with van der Waals surface area (Å²) in [6.45, 7) is 7.08. The average Bonchev–Trinajstić information content (AvgIpc) is 2.98. The standard InChI is InChI=1S/C16H23N3O6/c1-8(2)14(20)22-7-9-11-12(25-16(3,4)24-11)13(23-9)19-6-5-10(17)18-15(19)21/h5-6,8-9,11-13H,7H2,1-4H3,(H2,17,18,21)/t9-,11-,12-,13?/m1/s1. The Labute approximate surface area is 145 Å². The van der Waals surface area contributed by atoms with Gasteiger partial charge in [-0.2, -0.15) is 4.98 Å². The van der Waals surface area contributed by atoms with Crippen LogP contribution in [0.4, 0.5) is 5.82 Å². The SMILES string of the molecule is CC(C)C(=O)OC[C@H]1OC(n2ccc(N)nc2=O)[C@@H]2OC(C)(C)O[C@H]12. The molecule has 2 aliphatic heterocycles. The quantitative estimate of drug-likeness (QED) is 0.776. The summed E-state index contributed by atoms with van der Waals surface area (Å²) in [5.41, 5.74) is 4.99. The Morgan fingerprint density at radius 2 is 2.08 bits per heavy atom. The maximum Gasteiger partial charge on any atom is 0.351 e. The molecule has 1 aromatic rings. The maximum absolute atomic E-state index is 12.1. The van der Waals surface area contributed by atoms with Crippen LogP contribution >= 0.6 is 0 Å². The minimum atomic E-state index is -0.831. The maximum atomic E-state index is 12.1. The fraction of sp³-hybridized carbons (Fsp3) is 0.688. The zero-order valence-corrected chi connectivity index (χ0v) is 14.7. The van der Waals surface area contributed by atoms with Crippen LogP contribution in [0.25, 0.3) is 0 Å². The highest BCUT2D eigenvalue weighted by Crippen LogP contribution is 2.42. The monoisotopic (exact) mass is 353 g/mol. The number of aromatic nitrogens is 2. The number of esters is 1. The third-order valence-electron chi connectivity index (χ3n) is 4.11. The second-order valence-electron chi connectivity index (χ2n) is 6.96. The zero-order chi connectivity index (χ0) is 18.4. The van der Waals surface area contributed by atoms with Crippen molar-refractivity contribution >= 4 is 11.8 Å². The van der Waals surface area contributed by atoms with Gasteiger partial charge in [-0.3, -0.25) is 9.36 Å². The topological polar surface area (TPSA) is 115 Å². The number of anilines is 1. The molecule has 25 heavy (non-hydrogen) atoms. The van der Waals surface area contributed by atoms with Crippen LogP contribution in [0.1, 0.15) is 33.9 Å². The van der Waals surface area contributed by atoms with Gasteiger partial charge in [0.1, 0.15) is 30.7 Å². The number of carbonyl (C=O) groups is 1. The molecule has 2 N–H and O–H groups in total.